The number of likely N-dealkylation sites (tertiary alicyclic amines) is 1. The van der Waals surface area contributed by atoms with Crippen LogP contribution in [0, 0.1) is 10.1 Å². The Morgan fingerprint density at radius 2 is 1.81 bits per heavy atom. The van der Waals surface area contributed by atoms with Crippen molar-refractivity contribution in [2.24, 2.45) is 0 Å². The van der Waals surface area contributed by atoms with Gasteiger partial charge in [-0.3, -0.25) is 19.7 Å². The average molecular weight is 479 g/mol. The molecule has 2 fully saturated rings. The number of nitro benzene ring substituents is 1. The standard InChI is InChI=1S/C20H22N4O6S2/c25-19(17-6-2-8-23(17)20(26)18-7-3-13-31-18)21-9-11-22(12-10-21)32(29,30)16-5-1-4-15(14-16)24(27)28/h1,3-5,7,13-14,17H,2,6,8-12H2/t17-/m0/s1. The van der Waals surface area contributed by atoms with Crippen molar-refractivity contribution in [3.63, 3.8) is 0 Å². The molecule has 4 rings (SSSR count). The van der Waals surface area contributed by atoms with Crippen molar-refractivity contribution in [3.05, 3.63) is 56.8 Å². The summed E-state index contributed by atoms with van der Waals surface area (Å²) in [5.74, 6) is -0.317. The number of non-ortho nitro benzene ring substituents is 1. The summed E-state index contributed by atoms with van der Waals surface area (Å²) in [5.41, 5.74) is -0.295. The summed E-state index contributed by atoms with van der Waals surface area (Å²) in [6.07, 6.45) is 1.33. The van der Waals surface area contributed by atoms with Crippen molar-refractivity contribution in [2.45, 2.75) is 23.8 Å². The fourth-order valence-electron chi connectivity index (χ4n) is 4.07. The van der Waals surface area contributed by atoms with Crippen molar-refractivity contribution >= 4 is 38.9 Å². The van der Waals surface area contributed by atoms with Gasteiger partial charge in [0.15, 0.2) is 0 Å². The summed E-state index contributed by atoms with van der Waals surface area (Å²) in [4.78, 5) is 39.9. The van der Waals surface area contributed by atoms with Crippen molar-refractivity contribution in [1.29, 1.82) is 0 Å². The number of sulfonamides is 1. The van der Waals surface area contributed by atoms with E-state index in [2.05, 4.69) is 0 Å². The van der Waals surface area contributed by atoms with Gasteiger partial charge in [-0.2, -0.15) is 4.31 Å². The molecule has 12 heteroatoms. The van der Waals surface area contributed by atoms with E-state index in [-0.39, 0.29) is 48.6 Å². The van der Waals surface area contributed by atoms with Gasteiger partial charge in [-0.1, -0.05) is 12.1 Å². The molecule has 2 saturated heterocycles. The minimum atomic E-state index is -3.91. The molecule has 170 valence electrons. The molecule has 2 aliphatic rings. The lowest BCUT2D eigenvalue weighted by atomic mass is 10.1. The molecular weight excluding hydrogens is 456 g/mol. The molecular formula is C20H22N4O6S2. The number of hydrogen-bond acceptors (Lipinski definition) is 7. The number of carbonyl (C=O) groups is 2. The summed E-state index contributed by atoms with van der Waals surface area (Å²) >= 11 is 1.34. The van der Waals surface area contributed by atoms with E-state index < -0.39 is 21.0 Å². The van der Waals surface area contributed by atoms with Crippen LogP contribution in [0.25, 0.3) is 0 Å². The first kappa shape index (κ1) is 22.4. The van der Waals surface area contributed by atoms with Gasteiger partial charge in [0.05, 0.1) is 14.7 Å². The highest BCUT2D eigenvalue weighted by atomic mass is 32.2. The van der Waals surface area contributed by atoms with E-state index in [9.17, 15) is 28.1 Å². The molecule has 0 spiro atoms. The van der Waals surface area contributed by atoms with Crippen LogP contribution in [0.2, 0.25) is 0 Å². The Balaban J connectivity index is 1.42. The van der Waals surface area contributed by atoms with E-state index in [0.717, 1.165) is 12.5 Å². The van der Waals surface area contributed by atoms with Gasteiger partial charge in [0.25, 0.3) is 11.6 Å². The van der Waals surface area contributed by atoms with Crippen molar-refractivity contribution in [1.82, 2.24) is 14.1 Å². The largest absolute Gasteiger partial charge is 0.338 e. The van der Waals surface area contributed by atoms with E-state index in [1.54, 1.807) is 21.9 Å². The third-order valence-electron chi connectivity index (χ3n) is 5.75. The maximum Gasteiger partial charge on any atom is 0.270 e. The van der Waals surface area contributed by atoms with Gasteiger partial charge < -0.3 is 9.80 Å². The molecule has 2 aromatic rings. The zero-order chi connectivity index (χ0) is 22.9. The summed E-state index contributed by atoms with van der Waals surface area (Å²) in [6.45, 7) is 1.09. The van der Waals surface area contributed by atoms with Crippen LogP contribution in [0.3, 0.4) is 0 Å². The quantitative estimate of drug-likeness (QED) is 0.477. The molecule has 1 aromatic carbocycles. The SMILES string of the molecule is O=C([C@@H]1CCCN1C(=O)c1cccs1)N1CCN(S(=O)(=O)c2cccc([N+](=O)[O-])c2)CC1. The number of piperazine rings is 1. The van der Waals surface area contributed by atoms with Gasteiger partial charge in [0.2, 0.25) is 15.9 Å². The number of nitro groups is 1. The lowest BCUT2D eigenvalue weighted by Gasteiger charge is -2.36. The number of rotatable bonds is 5. The van der Waals surface area contributed by atoms with Gasteiger partial charge >= 0.3 is 0 Å². The highest BCUT2D eigenvalue weighted by Gasteiger charge is 2.39. The smallest absolute Gasteiger partial charge is 0.270 e. The summed E-state index contributed by atoms with van der Waals surface area (Å²) in [5, 5.41) is 12.8. The Morgan fingerprint density at radius 3 is 2.47 bits per heavy atom. The molecule has 0 radical (unpaired) electrons. The van der Waals surface area contributed by atoms with Crippen LogP contribution in [0.1, 0.15) is 22.5 Å². The lowest BCUT2D eigenvalue weighted by molar-refractivity contribution is -0.385. The Morgan fingerprint density at radius 1 is 1.06 bits per heavy atom. The van der Waals surface area contributed by atoms with E-state index in [1.807, 2.05) is 5.38 Å². The van der Waals surface area contributed by atoms with Crippen molar-refractivity contribution < 1.29 is 22.9 Å². The molecule has 0 aliphatic carbocycles. The van der Waals surface area contributed by atoms with Gasteiger partial charge in [-0.25, -0.2) is 8.42 Å². The number of hydrogen-bond donors (Lipinski definition) is 0. The number of benzene rings is 1. The number of amides is 2. The van der Waals surface area contributed by atoms with Gasteiger partial charge in [0.1, 0.15) is 6.04 Å². The fraction of sp³-hybridized carbons (Fsp3) is 0.400. The second-order valence-electron chi connectivity index (χ2n) is 7.62. The molecule has 1 aromatic heterocycles. The highest BCUT2D eigenvalue weighted by Crippen LogP contribution is 2.26. The topological polar surface area (TPSA) is 121 Å². The number of nitrogens with zero attached hydrogens (tertiary/aromatic N) is 4. The first-order valence-electron chi connectivity index (χ1n) is 10.2. The van der Waals surface area contributed by atoms with Crippen LogP contribution >= 0.6 is 11.3 Å². The van der Waals surface area contributed by atoms with Gasteiger partial charge in [-0.05, 0) is 30.4 Å². The molecule has 0 unspecified atom stereocenters. The van der Waals surface area contributed by atoms with Crippen molar-refractivity contribution in [2.75, 3.05) is 32.7 Å². The highest BCUT2D eigenvalue weighted by molar-refractivity contribution is 7.89. The van der Waals surface area contributed by atoms with Crippen LogP contribution in [0.5, 0.6) is 0 Å². The predicted octanol–water partition coefficient (Wildman–Crippen LogP) is 1.79. The molecule has 32 heavy (non-hydrogen) atoms. The van der Waals surface area contributed by atoms with E-state index in [1.165, 1.54) is 33.8 Å². The first-order valence-corrected chi connectivity index (χ1v) is 12.5. The van der Waals surface area contributed by atoms with Crippen LogP contribution in [0.4, 0.5) is 5.69 Å². The average Bonchev–Trinajstić information content (AvgIpc) is 3.51. The summed E-state index contributed by atoms with van der Waals surface area (Å²) in [7, 11) is -3.91. The first-order chi connectivity index (χ1) is 15.3. The fourth-order valence-corrected chi connectivity index (χ4v) is 6.22. The molecule has 10 nitrogen and oxygen atoms in total. The van der Waals surface area contributed by atoms with E-state index >= 15 is 0 Å². The van der Waals surface area contributed by atoms with Crippen LogP contribution in [0.15, 0.2) is 46.7 Å². The maximum atomic E-state index is 13.1. The zero-order valence-electron chi connectivity index (χ0n) is 17.1. The summed E-state index contributed by atoms with van der Waals surface area (Å²) in [6, 6.07) is 7.94. The van der Waals surface area contributed by atoms with E-state index in [4.69, 9.17) is 0 Å². The van der Waals surface area contributed by atoms with Gasteiger partial charge in [0, 0.05) is 44.9 Å². The second-order valence-corrected chi connectivity index (χ2v) is 10.5. The number of thiophene rings is 1. The Hall–Kier alpha value is -2.83. The lowest BCUT2D eigenvalue weighted by Crippen LogP contribution is -2.55. The minimum absolute atomic E-state index is 0.0857. The van der Waals surface area contributed by atoms with Crippen molar-refractivity contribution in [3.8, 4) is 0 Å². The Kier molecular flexibility index (Phi) is 6.26. The third-order valence-corrected chi connectivity index (χ3v) is 8.50. The second kappa shape index (κ2) is 8.96. The van der Waals surface area contributed by atoms with E-state index in [0.29, 0.717) is 17.8 Å². The number of carbonyl (C=O) groups excluding carboxylic acids is 2. The maximum absolute atomic E-state index is 13.1. The molecule has 0 saturated carbocycles. The van der Waals surface area contributed by atoms with Gasteiger partial charge in [-0.15, -0.1) is 11.3 Å². The predicted molar refractivity (Wildman–Crippen MR) is 117 cm³/mol. The molecule has 0 bridgehead atoms. The minimum Gasteiger partial charge on any atom is -0.338 e. The zero-order valence-corrected chi connectivity index (χ0v) is 18.8. The monoisotopic (exact) mass is 478 g/mol. The van der Waals surface area contributed by atoms with Crippen LogP contribution in [-0.2, 0) is 14.8 Å². The molecule has 2 amide bonds. The molecule has 0 N–H and O–H groups in total. The molecule has 1 atom stereocenters. The third kappa shape index (κ3) is 4.25. The molecule has 2 aliphatic heterocycles. The normalized spacial score (nSPS) is 19.8. The molecule has 3 heterocycles. The van der Waals surface area contributed by atoms with Crippen LogP contribution in [-0.4, -0.2) is 78.0 Å². The Bertz CT molecular complexity index is 1130. The van der Waals surface area contributed by atoms with Crippen LogP contribution < -0.4 is 0 Å². The summed E-state index contributed by atoms with van der Waals surface area (Å²) < 4.78 is 27.1. The Labute approximate surface area is 189 Å².